The van der Waals surface area contributed by atoms with Crippen LogP contribution in [0.4, 0.5) is 10.5 Å². The molecule has 1 aliphatic heterocycles. The second kappa shape index (κ2) is 6.85. The number of sulfonamides is 1. The van der Waals surface area contributed by atoms with Gasteiger partial charge in [-0.15, -0.1) is 0 Å². The van der Waals surface area contributed by atoms with E-state index >= 15 is 0 Å². The monoisotopic (exact) mass is 345 g/mol. The van der Waals surface area contributed by atoms with Crippen LogP contribution in [0.3, 0.4) is 0 Å². The third-order valence-electron chi connectivity index (χ3n) is 3.56. The van der Waals surface area contributed by atoms with E-state index in [2.05, 4.69) is 10.6 Å². The zero-order chi connectivity index (χ0) is 16.3. The largest absolute Gasteiger partial charge is 0.334 e. The molecule has 1 heterocycles. The summed E-state index contributed by atoms with van der Waals surface area (Å²) in [6, 6.07) is 4.77. The highest BCUT2D eigenvalue weighted by atomic mass is 35.5. The molecule has 2 rings (SSSR count). The number of hydrogen-bond donors (Lipinski definition) is 2. The van der Waals surface area contributed by atoms with Gasteiger partial charge in [0.1, 0.15) is 0 Å². The number of carbonyl (C=O) groups excluding carboxylic acids is 1. The summed E-state index contributed by atoms with van der Waals surface area (Å²) < 4.78 is 24.5. The molecule has 2 amide bonds. The summed E-state index contributed by atoms with van der Waals surface area (Å²) >= 11 is 6.07. The Morgan fingerprint density at radius 3 is 2.77 bits per heavy atom. The lowest BCUT2D eigenvalue weighted by Crippen LogP contribution is -2.50. The molecule has 1 aromatic rings. The predicted molar refractivity (Wildman–Crippen MR) is 87.8 cm³/mol. The third kappa shape index (κ3) is 4.59. The van der Waals surface area contributed by atoms with Crippen LogP contribution in [0, 0.1) is 6.92 Å². The molecule has 2 N–H and O–H groups in total. The number of carbonyl (C=O) groups is 1. The van der Waals surface area contributed by atoms with Gasteiger partial charge in [0.15, 0.2) is 0 Å². The number of hydrogen-bond acceptors (Lipinski definition) is 3. The Kier molecular flexibility index (Phi) is 5.31. The van der Waals surface area contributed by atoms with Gasteiger partial charge in [-0.1, -0.05) is 17.7 Å². The molecule has 1 atom stereocenters. The van der Waals surface area contributed by atoms with E-state index in [1.807, 2.05) is 13.0 Å². The summed E-state index contributed by atoms with van der Waals surface area (Å²) in [6.07, 6.45) is 2.66. The maximum Gasteiger partial charge on any atom is 0.319 e. The molecule has 1 fully saturated rings. The maximum atomic E-state index is 12.0. The summed E-state index contributed by atoms with van der Waals surface area (Å²) in [6.45, 7) is 2.72. The molecular weight excluding hydrogens is 326 g/mol. The van der Waals surface area contributed by atoms with Crippen LogP contribution in [-0.2, 0) is 10.0 Å². The lowest BCUT2D eigenvalue weighted by molar-refractivity contribution is 0.236. The molecular formula is C14H20ClN3O3S. The van der Waals surface area contributed by atoms with Crippen molar-refractivity contribution in [3.05, 3.63) is 28.8 Å². The lowest BCUT2D eigenvalue weighted by Gasteiger charge is -2.31. The number of aryl methyl sites for hydroxylation is 1. The van der Waals surface area contributed by atoms with E-state index in [9.17, 15) is 13.2 Å². The zero-order valence-corrected chi connectivity index (χ0v) is 14.2. The summed E-state index contributed by atoms with van der Waals surface area (Å²) in [4.78, 5) is 12.0. The number of anilines is 1. The fourth-order valence-electron chi connectivity index (χ4n) is 2.43. The van der Waals surface area contributed by atoms with E-state index in [-0.39, 0.29) is 12.1 Å². The van der Waals surface area contributed by atoms with Crippen LogP contribution < -0.4 is 10.6 Å². The summed E-state index contributed by atoms with van der Waals surface area (Å²) in [5.41, 5.74) is 1.53. The molecule has 0 radical (unpaired) electrons. The Labute approximate surface area is 135 Å². The first-order valence-corrected chi connectivity index (χ1v) is 9.27. The van der Waals surface area contributed by atoms with Gasteiger partial charge in [-0.2, -0.15) is 0 Å². The van der Waals surface area contributed by atoms with E-state index in [0.717, 1.165) is 18.4 Å². The first-order chi connectivity index (χ1) is 10.3. The van der Waals surface area contributed by atoms with Crippen LogP contribution >= 0.6 is 11.6 Å². The minimum Gasteiger partial charge on any atom is -0.334 e. The number of benzene rings is 1. The van der Waals surface area contributed by atoms with Gasteiger partial charge in [-0.25, -0.2) is 17.5 Å². The highest BCUT2D eigenvalue weighted by Gasteiger charge is 2.26. The van der Waals surface area contributed by atoms with Crippen molar-refractivity contribution in [3.8, 4) is 0 Å². The van der Waals surface area contributed by atoms with Gasteiger partial charge in [0.05, 0.1) is 17.0 Å². The second-order valence-electron chi connectivity index (χ2n) is 5.54. The SMILES string of the molecule is Cc1ccc(NC(=O)N[C@@H]2CCCN(S(C)(=O)=O)C2)c(Cl)c1. The molecule has 22 heavy (non-hydrogen) atoms. The smallest absolute Gasteiger partial charge is 0.319 e. The fraction of sp³-hybridized carbons (Fsp3) is 0.500. The van der Waals surface area contributed by atoms with Crippen LogP contribution in [-0.4, -0.2) is 44.1 Å². The van der Waals surface area contributed by atoms with Gasteiger partial charge < -0.3 is 10.6 Å². The number of rotatable bonds is 3. The Morgan fingerprint density at radius 2 is 2.14 bits per heavy atom. The van der Waals surface area contributed by atoms with Crippen molar-refractivity contribution in [3.63, 3.8) is 0 Å². The van der Waals surface area contributed by atoms with Gasteiger partial charge >= 0.3 is 6.03 Å². The van der Waals surface area contributed by atoms with Gasteiger partial charge in [0.2, 0.25) is 10.0 Å². The molecule has 6 nitrogen and oxygen atoms in total. The van der Waals surface area contributed by atoms with Crippen molar-refractivity contribution >= 4 is 33.3 Å². The van der Waals surface area contributed by atoms with Crippen molar-refractivity contribution < 1.29 is 13.2 Å². The Hall–Kier alpha value is -1.31. The van der Waals surface area contributed by atoms with Crippen molar-refractivity contribution in [2.75, 3.05) is 24.7 Å². The molecule has 0 unspecified atom stereocenters. The number of urea groups is 1. The first kappa shape index (κ1) is 17.1. The van der Waals surface area contributed by atoms with E-state index < -0.39 is 10.0 Å². The van der Waals surface area contributed by atoms with Gasteiger partial charge in [0.25, 0.3) is 0 Å². The number of piperidine rings is 1. The van der Waals surface area contributed by atoms with Crippen LogP contribution in [0.1, 0.15) is 18.4 Å². The average Bonchev–Trinajstić information content (AvgIpc) is 2.41. The number of halogens is 1. The molecule has 0 aliphatic carbocycles. The van der Waals surface area contributed by atoms with E-state index in [0.29, 0.717) is 23.8 Å². The van der Waals surface area contributed by atoms with Crippen molar-refractivity contribution in [2.45, 2.75) is 25.8 Å². The predicted octanol–water partition coefficient (Wildman–Crippen LogP) is 2.19. The van der Waals surface area contributed by atoms with Crippen molar-refractivity contribution in [1.29, 1.82) is 0 Å². The molecule has 0 aromatic heterocycles. The number of nitrogens with zero attached hydrogens (tertiary/aromatic N) is 1. The number of nitrogens with one attached hydrogen (secondary N) is 2. The summed E-state index contributed by atoms with van der Waals surface area (Å²) in [5.74, 6) is 0. The molecule has 1 aromatic carbocycles. The standard InChI is InChI=1S/C14H20ClN3O3S/c1-10-5-6-13(12(15)8-10)17-14(19)16-11-4-3-7-18(9-11)22(2,20)21/h5-6,8,11H,3-4,7,9H2,1-2H3,(H2,16,17,19)/t11-/m1/s1. The summed E-state index contributed by atoms with van der Waals surface area (Å²) in [7, 11) is -3.22. The summed E-state index contributed by atoms with van der Waals surface area (Å²) in [5, 5.41) is 5.95. The van der Waals surface area contributed by atoms with Crippen LogP contribution in [0.25, 0.3) is 0 Å². The topological polar surface area (TPSA) is 78.5 Å². The molecule has 0 bridgehead atoms. The first-order valence-electron chi connectivity index (χ1n) is 7.04. The van der Waals surface area contributed by atoms with Gasteiger partial charge in [-0.3, -0.25) is 0 Å². The van der Waals surface area contributed by atoms with Crippen molar-refractivity contribution in [1.82, 2.24) is 9.62 Å². The van der Waals surface area contributed by atoms with E-state index in [1.165, 1.54) is 10.6 Å². The quantitative estimate of drug-likeness (QED) is 0.881. The van der Waals surface area contributed by atoms with E-state index in [4.69, 9.17) is 11.6 Å². The highest BCUT2D eigenvalue weighted by molar-refractivity contribution is 7.88. The zero-order valence-electron chi connectivity index (χ0n) is 12.6. The highest BCUT2D eigenvalue weighted by Crippen LogP contribution is 2.22. The second-order valence-corrected chi connectivity index (χ2v) is 7.93. The molecule has 0 saturated carbocycles. The minimum absolute atomic E-state index is 0.201. The molecule has 122 valence electrons. The normalized spacial score (nSPS) is 19.7. The van der Waals surface area contributed by atoms with Gasteiger partial charge in [0, 0.05) is 19.1 Å². The number of amides is 2. The maximum absolute atomic E-state index is 12.0. The Morgan fingerprint density at radius 1 is 1.41 bits per heavy atom. The minimum atomic E-state index is -3.22. The van der Waals surface area contributed by atoms with Crippen LogP contribution in [0.5, 0.6) is 0 Å². The lowest BCUT2D eigenvalue weighted by atomic mass is 10.1. The molecule has 1 aliphatic rings. The third-order valence-corrected chi connectivity index (χ3v) is 5.14. The van der Waals surface area contributed by atoms with Crippen LogP contribution in [0.2, 0.25) is 5.02 Å². The van der Waals surface area contributed by atoms with Gasteiger partial charge in [-0.05, 0) is 37.5 Å². The van der Waals surface area contributed by atoms with Crippen molar-refractivity contribution in [2.24, 2.45) is 0 Å². The Bertz CT molecular complexity index is 663. The Balaban J connectivity index is 1.94. The van der Waals surface area contributed by atoms with Crippen LogP contribution in [0.15, 0.2) is 18.2 Å². The molecule has 1 saturated heterocycles. The molecule has 0 spiro atoms. The fourth-order valence-corrected chi connectivity index (χ4v) is 3.62. The van der Waals surface area contributed by atoms with E-state index in [1.54, 1.807) is 12.1 Å². The average molecular weight is 346 g/mol. The molecule has 8 heteroatoms.